The van der Waals surface area contributed by atoms with E-state index >= 15 is 0 Å². The maximum absolute atomic E-state index is 13.1. The highest BCUT2D eigenvalue weighted by molar-refractivity contribution is 6.13. The van der Waals surface area contributed by atoms with Gasteiger partial charge in [-0.25, -0.2) is 19.8 Å². The van der Waals surface area contributed by atoms with Crippen molar-refractivity contribution in [2.45, 2.75) is 143 Å². The Morgan fingerprint density at radius 1 is 0.710 bits per heavy atom. The number of hydrazone groups is 1. The predicted molar refractivity (Wildman–Crippen MR) is 216 cm³/mol. The highest BCUT2D eigenvalue weighted by atomic mass is 16.8. The minimum Gasteiger partial charge on any atom is -0.477 e. The zero-order valence-electron chi connectivity index (χ0n) is 36.7. The second-order valence-corrected chi connectivity index (χ2v) is 16.3. The van der Waals surface area contributed by atoms with Crippen LogP contribution in [0.2, 0.25) is 0 Å². The molecule has 15 N–H and O–H groups in total. The number of carboxylic acid groups (broad SMARTS) is 3. The average Bonchev–Trinajstić information content (AvgIpc) is 3.58. The van der Waals surface area contributed by atoms with E-state index in [1.54, 1.807) is 0 Å². The lowest BCUT2D eigenvalue weighted by Crippen LogP contribution is -2.71. The molecule has 386 valence electrons. The number of amides is 6. The molecule has 31 heteroatoms. The van der Waals surface area contributed by atoms with Crippen LogP contribution in [0.1, 0.15) is 46.5 Å². The zero-order valence-corrected chi connectivity index (χ0v) is 36.7. The topological polar surface area (TPSA) is 486 Å². The summed E-state index contributed by atoms with van der Waals surface area (Å²) in [4.78, 5) is 111. The fourth-order valence-corrected chi connectivity index (χ4v) is 7.94. The number of aliphatic hydroxyl groups excluding tert-OH is 7. The summed E-state index contributed by atoms with van der Waals surface area (Å²) in [6, 6.07) is -5.21. The van der Waals surface area contributed by atoms with Crippen LogP contribution in [0.3, 0.4) is 0 Å². The van der Waals surface area contributed by atoms with Crippen molar-refractivity contribution in [3.8, 4) is 0 Å². The van der Waals surface area contributed by atoms with Gasteiger partial charge in [-0.15, -0.1) is 0 Å². The van der Waals surface area contributed by atoms with Gasteiger partial charge in [0.1, 0.15) is 42.7 Å². The molecule has 0 bridgehead atoms. The van der Waals surface area contributed by atoms with Gasteiger partial charge in [0.2, 0.25) is 23.6 Å². The molecule has 4 heterocycles. The van der Waals surface area contributed by atoms with Crippen LogP contribution < -0.4 is 21.4 Å². The van der Waals surface area contributed by atoms with Gasteiger partial charge in [0, 0.05) is 65.2 Å². The predicted octanol–water partition coefficient (Wildman–Crippen LogP) is -8.82. The number of rotatable bonds is 21. The Labute approximate surface area is 388 Å². The van der Waals surface area contributed by atoms with Gasteiger partial charge in [0.25, 0.3) is 29.2 Å². The van der Waals surface area contributed by atoms with Crippen LogP contribution >= 0.6 is 0 Å². The van der Waals surface area contributed by atoms with E-state index in [-0.39, 0.29) is 6.54 Å². The summed E-state index contributed by atoms with van der Waals surface area (Å²) < 4.78 is 27.7. The number of carboxylic acids is 3. The van der Waals surface area contributed by atoms with Crippen LogP contribution in [-0.2, 0) is 66.8 Å². The Morgan fingerprint density at radius 3 is 1.57 bits per heavy atom. The Morgan fingerprint density at radius 2 is 1.13 bits per heavy atom. The normalized spacial score (nSPS) is 34.3. The fourth-order valence-electron chi connectivity index (χ4n) is 7.94. The first-order chi connectivity index (χ1) is 32.1. The monoisotopic (exact) mass is 994 g/mol. The summed E-state index contributed by atoms with van der Waals surface area (Å²) in [6.45, 7) is -0.368. The van der Waals surface area contributed by atoms with E-state index < -0.39 is 189 Å². The van der Waals surface area contributed by atoms with Crippen molar-refractivity contribution in [1.82, 2.24) is 26.3 Å². The second kappa shape index (κ2) is 22.8. The molecule has 16 unspecified atom stereocenters. The Hall–Kier alpha value is -5.68. The van der Waals surface area contributed by atoms with Crippen molar-refractivity contribution >= 4 is 59.6 Å². The zero-order chi connectivity index (χ0) is 51.9. The van der Waals surface area contributed by atoms with Gasteiger partial charge in [0.05, 0.1) is 55.9 Å². The second-order valence-electron chi connectivity index (χ2n) is 16.3. The van der Waals surface area contributed by atoms with Crippen LogP contribution in [-0.4, -0.2) is 237 Å². The smallest absolute Gasteiger partial charge is 0.364 e. The first kappa shape index (κ1) is 55.9. The summed E-state index contributed by atoms with van der Waals surface area (Å²) in [7, 11) is 0. The van der Waals surface area contributed by atoms with E-state index in [2.05, 4.69) is 21.1 Å². The summed E-state index contributed by atoms with van der Waals surface area (Å²) in [6.07, 6.45) is -23.6. The Bertz CT molecular complexity index is 2020. The van der Waals surface area contributed by atoms with Crippen molar-refractivity contribution in [1.29, 1.82) is 0 Å². The molecule has 0 aromatic carbocycles. The van der Waals surface area contributed by atoms with Crippen LogP contribution in [0, 0.1) is 0 Å². The van der Waals surface area contributed by atoms with E-state index in [0.29, 0.717) is 6.21 Å². The van der Waals surface area contributed by atoms with Crippen molar-refractivity contribution in [2.75, 3.05) is 19.8 Å². The van der Waals surface area contributed by atoms with E-state index in [9.17, 15) is 99.3 Å². The molecule has 69 heavy (non-hydrogen) atoms. The highest BCUT2D eigenvalue weighted by Gasteiger charge is 2.61. The molecule has 0 spiro atoms. The maximum Gasteiger partial charge on any atom is 0.364 e. The van der Waals surface area contributed by atoms with Crippen LogP contribution in [0.5, 0.6) is 0 Å². The molecule has 6 amide bonds. The SMILES string of the molecule is CC(=O)NC1C(O)CC(OC(CO)C(O)C2OC(OC(CO)C(O)C3OC(O)(C(=O)O)CC(O)C3NC(C)=O)(C(=O)O)CC(O)C2NC(C)=O)(C(=O)O)OC1/C=N\NC(=O)CCN1C(=O)C=CC1=O. The lowest BCUT2D eigenvalue weighted by Gasteiger charge is -2.50. The standard InChI is InChI=1S/C38H54N6O25/c1-14(47)40-26-18(51)9-37(34(60)61,65-20(26)11-39-43-23(53)6-7-44-24(54)4-5-25(44)55)66-22(13-46)30(57)32-28(42-16(3)49)19(52)10-38(69-32,35(62)63)67-21(12-45)29(56)31-27(41-15(2)48)17(50)8-36(64,68-31)33(58)59/h4-5,11,17-22,26-32,45-46,50-52,56-57,64H,6-10,12-13H2,1-3H3,(H,40,47)(H,41,48)(H,42,49)(H,43,53)(H,58,59)(H,60,61)(H,62,63)/b39-11-. The summed E-state index contributed by atoms with van der Waals surface area (Å²) in [5.74, 6) is -21.0. The highest BCUT2D eigenvalue weighted by Crippen LogP contribution is 2.39. The molecule has 31 nitrogen and oxygen atoms in total. The average molecular weight is 995 g/mol. The maximum atomic E-state index is 13.1. The van der Waals surface area contributed by atoms with Gasteiger partial charge in [0.15, 0.2) is 0 Å². The lowest BCUT2D eigenvalue weighted by molar-refractivity contribution is -0.351. The minimum atomic E-state index is -3.36. The molecular weight excluding hydrogens is 940 g/mol. The number of aliphatic hydroxyl groups is 8. The summed E-state index contributed by atoms with van der Waals surface area (Å²) >= 11 is 0. The quantitative estimate of drug-likeness (QED) is 0.0288. The van der Waals surface area contributed by atoms with Gasteiger partial charge >= 0.3 is 17.9 Å². The molecule has 0 aromatic heterocycles. The number of carbonyl (C=O) groups excluding carboxylic acids is 6. The largest absolute Gasteiger partial charge is 0.477 e. The molecule has 0 aliphatic carbocycles. The van der Waals surface area contributed by atoms with Gasteiger partial charge in [-0.05, 0) is 0 Å². The van der Waals surface area contributed by atoms with Crippen LogP contribution in [0.4, 0.5) is 0 Å². The number of aliphatic carboxylic acids is 3. The molecular formula is C38H54N6O25. The third-order valence-electron chi connectivity index (χ3n) is 11.2. The van der Waals surface area contributed by atoms with Crippen molar-refractivity contribution in [3.63, 3.8) is 0 Å². The Kier molecular flexibility index (Phi) is 18.5. The Balaban J connectivity index is 1.67. The molecule has 16 atom stereocenters. The number of hydrogen-bond donors (Lipinski definition) is 15. The molecule has 4 rings (SSSR count). The summed E-state index contributed by atoms with van der Waals surface area (Å²) in [5, 5.41) is 129. The number of imide groups is 1. The van der Waals surface area contributed by atoms with E-state index in [1.807, 2.05) is 5.43 Å². The number of ether oxygens (including phenoxy) is 5. The van der Waals surface area contributed by atoms with Crippen molar-refractivity contribution < 1.29 is 123 Å². The molecule has 4 aliphatic heterocycles. The first-order valence-corrected chi connectivity index (χ1v) is 20.7. The van der Waals surface area contributed by atoms with E-state index in [0.717, 1.165) is 37.8 Å². The molecule has 4 aliphatic rings. The van der Waals surface area contributed by atoms with Crippen molar-refractivity contribution in [3.05, 3.63) is 12.2 Å². The minimum absolute atomic E-state index is 0.366. The lowest BCUT2D eigenvalue weighted by atomic mass is 9.87. The van der Waals surface area contributed by atoms with Crippen LogP contribution in [0.25, 0.3) is 0 Å². The first-order valence-electron chi connectivity index (χ1n) is 20.7. The van der Waals surface area contributed by atoms with Gasteiger partial charge in [-0.1, -0.05) is 0 Å². The molecule has 3 fully saturated rings. The number of hydrogen-bond acceptors (Lipinski definition) is 23. The molecule has 0 aromatic rings. The summed E-state index contributed by atoms with van der Waals surface area (Å²) in [5.41, 5.74) is 2.03. The van der Waals surface area contributed by atoms with Crippen molar-refractivity contribution in [2.24, 2.45) is 5.10 Å². The number of nitrogens with zero attached hydrogens (tertiary/aromatic N) is 2. The van der Waals surface area contributed by atoms with Gasteiger partial charge < -0.3 is 95.8 Å². The third kappa shape index (κ3) is 13.0. The third-order valence-corrected chi connectivity index (χ3v) is 11.2. The van der Waals surface area contributed by atoms with Gasteiger partial charge in [-0.3, -0.25) is 33.7 Å². The van der Waals surface area contributed by atoms with Crippen LogP contribution in [0.15, 0.2) is 17.3 Å². The number of carbonyl (C=O) groups is 9. The molecule has 0 radical (unpaired) electrons. The van der Waals surface area contributed by atoms with E-state index in [1.165, 1.54) is 0 Å². The fraction of sp³-hybridized carbons (Fsp3) is 0.684. The molecule has 0 saturated carbocycles. The molecule has 3 saturated heterocycles. The van der Waals surface area contributed by atoms with E-state index in [4.69, 9.17) is 23.7 Å². The number of nitrogens with one attached hydrogen (secondary N) is 4. The van der Waals surface area contributed by atoms with Gasteiger partial charge in [-0.2, -0.15) is 5.10 Å².